The van der Waals surface area contributed by atoms with Crippen molar-refractivity contribution in [2.75, 3.05) is 13.7 Å². The molecule has 1 N–H and O–H groups in total. The number of carboxylic acids is 1. The first-order valence-electron chi connectivity index (χ1n) is 5.55. The van der Waals surface area contributed by atoms with Gasteiger partial charge in [0.2, 0.25) is 0 Å². The van der Waals surface area contributed by atoms with Gasteiger partial charge in [-0.2, -0.15) is 0 Å². The molecule has 0 atom stereocenters. The van der Waals surface area contributed by atoms with Crippen molar-refractivity contribution in [3.8, 4) is 0 Å². The molecule has 6 nitrogen and oxygen atoms in total. The molecular weight excluding hydrogens is 287 g/mol. The fourth-order valence-corrected chi connectivity index (χ4v) is 0.375. The van der Waals surface area contributed by atoms with Crippen molar-refractivity contribution < 1.29 is 30.4 Å². The average molecular weight is 311 g/mol. The van der Waals surface area contributed by atoms with E-state index in [1.54, 1.807) is 13.8 Å². The summed E-state index contributed by atoms with van der Waals surface area (Å²) in [6.45, 7) is 14.9. The minimum atomic E-state index is -0.935. The normalized spacial score (nSPS) is 7.24. The van der Waals surface area contributed by atoms with Gasteiger partial charge in [-0.05, 0) is 20.8 Å². The number of hydrogen-bond acceptors (Lipinski definition) is 5. The minimum Gasteiger partial charge on any atom is -0.478 e. The predicted molar refractivity (Wildman–Crippen MR) is 84.0 cm³/mol. The van der Waals surface area contributed by atoms with Crippen LogP contribution in [0.2, 0.25) is 0 Å². The van der Waals surface area contributed by atoms with Crippen LogP contribution >= 0.6 is 0 Å². The summed E-state index contributed by atoms with van der Waals surface area (Å²) in [5.74, 6) is -1.64. The monoisotopic (exact) mass is 311 g/mol. The van der Waals surface area contributed by atoms with Crippen molar-refractivity contribution in [2.45, 2.75) is 20.8 Å². The summed E-state index contributed by atoms with van der Waals surface area (Å²) in [7, 11) is 1.33. The van der Waals surface area contributed by atoms with Gasteiger partial charge in [-0.25, -0.2) is 14.4 Å². The first kappa shape index (κ1) is 27.9. The zero-order chi connectivity index (χ0) is 16.7. The van der Waals surface area contributed by atoms with Crippen molar-refractivity contribution in [1.29, 1.82) is 0 Å². The number of ether oxygens (including phenoxy) is 2. The molecule has 0 rings (SSSR count). The van der Waals surface area contributed by atoms with Gasteiger partial charge in [0.1, 0.15) is 0 Å². The molecule has 117 valence electrons. The second-order valence-electron chi connectivity index (χ2n) is 3.31. The summed E-state index contributed by atoms with van der Waals surface area (Å²) in [5.41, 5.74) is 0.609. The molecule has 0 spiro atoms. The van der Waals surface area contributed by atoms with E-state index < -0.39 is 5.97 Å². The van der Waals surface area contributed by atoms with Gasteiger partial charge < -0.3 is 14.6 Å². The Kier molecular flexibility index (Phi) is 24.7. The van der Waals surface area contributed by atoms with Crippen LogP contribution in [0.5, 0.6) is 0 Å². The van der Waals surface area contributed by atoms with E-state index in [-0.39, 0.29) is 48.5 Å². The fraction of sp³-hybridized carbons (Fsp3) is 0.357. The van der Waals surface area contributed by atoms with Crippen LogP contribution in [0.15, 0.2) is 37.0 Å². The zero-order valence-electron chi connectivity index (χ0n) is 13.4. The number of carboxylic acid groups (broad SMARTS) is 1. The Morgan fingerprint density at radius 2 is 1.57 bits per heavy atom. The Hall–Kier alpha value is -1.37. The van der Waals surface area contributed by atoms with Gasteiger partial charge in [0, 0.05) is 48.2 Å². The maximum atomic E-state index is 10.2. The van der Waals surface area contributed by atoms with Crippen molar-refractivity contribution in [1.82, 2.24) is 0 Å². The van der Waals surface area contributed by atoms with Crippen molar-refractivity contribution in [2.24, 2.45) is 0 Å². The smallest absolute Gasteiger partial charge is 0.332 e. The second-order valence-corrected chi connectivity index (χ2v) is 3.31. The molecule has 0 fully saturated rings. The van der Waals surface area contributed by atoms with Crippen LogP contribution in [-0.4, -0.2) is 66.3 Å². The fourth-order valence-electron chi connectivity index (χ4n) is 0.375. The van der Waals surface area contributed by atoms with Crippen LogP contribution in [0.1, 0.15) is 22.2 Å². The maximum Gasteiger partial charge on any atom is 0.332 e. The Labute approximate surface area is 149 Å². The largest absolute Gasteiger partial charge is 0.478 e. The molecule has 0 amide bonds. The molecule has 0 aliphatic carbocycles. The quantitative estimate of drug-likeness (QED) is 0.485. The summed E-state index contributed by atoms with van der Waals surface area (Å²) in [6.07, 6.45) is 1.14. The number of hydrogen-bond donors (Lipinski definition) is 1. The summed E-state index contributed by atoms with van der Waals surface area (Å²) in [6, 6.07) is 0. The third-order valence-corrected chi connectivity index (χ3v) is 1.35. The average Bonchev–Trinajstić information content (AvgIpc) is 2.39. The van der Waals surface area contributed by atoms with Gasteiger partial charge in [-0.1, -0.05) is 19.7 Å². The van der Waals surface area contributed by atoms with Crippen LogP contribution in [-0.2, 0) is 23.9 Å². The molecule has 0 aromatic carbocycles. The van der Waals surface area contributed by atoms with E-state index in [0.29, 0.717) is 12.2 Å². The van der Waals surface area contributed by atoms with E-state index in [0.717, 1.165) is 6.08 Å². The molecule has 0 aromatic heterocycles. The molecule has 0 aliphatic heterocycles. The second kappa shape index (κ2) is 18.6. The van der Waals surface area contributed by atoms with Crippen LogP contribution < -0.4 is 0 Å². The van der Waals surface area contributed by atoms with Crippen LogP contribution in [0, 0.1) is 0 Å². The molecular formula is C14H24NaO6. The number of aliphatic carboxylic acids is 1. The number of carbonyl (C=O) groups excluding carboxylic acids is 2. The standard InChI is InChI=1S/2C5H8O2.C4H6O2.Na.H2/c1-4(2)5(6)7-3;1-3-5(6)7-4-2;1-3(2)4(5)6;;/h1H2,2-3H3;3H,1,4H2,2H3;1H2,2H3,(H,5,6);;1H. The topological polar surface area (TPSA) is 89.9 Å². The van der Waals surface area contributed by atoms with Gasteiger partial charge in [0.25, 0.3) is 0 Å². The van der Waals surface area contributed by atoms with Gasteiger partial charge in [0.05, 0.1) is 13.7 Å². The van der Waals surface area contributed by atoms with Gasteiger partial charge in [0.15, 0.2) is 0 Å². The Balaban J connectivity index is -0.0000000630. The molecule has 21 heavy (non-hydrogen) atoms. The third-order valence-electron chi connectivity index (χ3n) is 1.35. The van der Waals surface area contributed by atoms with Gasteiger partial charge in [-0.3, -0.25) is 0 Å². The molecule has 1 radical (unpaired) electrons. The van der Waals surface area contributed by atoms with E-state index in [4.69, 9.17) is 5.11 Å². The van der Waals surface area contributed by atoms with E-state index in [1.165, 1.54) is 14.0 Å². The predicted octanol–water partition coefficient (Wildman–Crippen LogP) is 1.98. The Bertz CT molecular complexity index is 366. The van der Waals surface area contributed by atoms with Gasteiger partial charge >= 0.3 is 17.9 Å². The SMILES string of the molecule is C=C(C)C(=O)O.C=C(C)C(=O)OC.C=CC(=O)OCC.[HH].[Na]. The van der Waals surface area contributed by atoms with E-state index in [2.05, 4.69) is 29.2 Å². The van der Waals surface area contributed by atoms with E-state index in [1.807, 2.05) is 0 Å². The van der Waals surface area contributed by atoms with E-state index >= 15 is 0 Å². The van der Waals surface area contributed by atoms with Crippen molar-refractivity contribution >= 4 is 47.5 Å². The first-order chi connectivity index (χ1) is 9.13. The number of esters is 2. The number of rotatable bonds is 4. The number of carbonyl (C=O) groups is 3. The molecule has 0 unspecified atom stereocenters. The molecule has 0 heterocycles. The maximum absolute atomic E-state index is 10.2. The molecule has 0 aromatic rings. The summed E-state index contributed by atoms with van der Waals surface area (Å²) >= 11 is 0. The van der Waals surface area contributed by atoms with Gasteiger partial charge in [-0.15, -0.1) is 0 Å². The minimum absolute atomic E-state index is 0. The van der Waals surface area contributed by atoms with Crippen LogP contribution in [0.3, 0.4) is 0 Å². The number of methoxy groups -OCH3 is 1. The Morgan fingerprint density at radius 3 is 1.62 bits per heavy atom. The van der Waals surface area contributed by atoms with E-state index in [9.17, 15) is 14.4 Å². The third kappa shape index (κ3) is 27.7. The molecule has 0 aliphatic rings. The van der Waals surface area contributed by atoms with Crippen LogP contribution in [0.25, 0.3) is 0 Å². The first-order valence-corrected chi connectivity index (χ1v) is 5.55. The molecule has 0 saturated heterocycles. The Morgan fingerprint density at radius 1 is 1.19 bits per heavy atom. The zero-order valence-corrected chi connectivity index (χ0v) is 15.4. The van der Waals surface area contributed by atoms with Crippen molar-refractivity contribution in [3.05, 3.63) is 37.0 Å². The molecule has 0 saturated carbocycles. The van der Waals surface area contributed by atoms with Crippen molar-refractivity contribution in [3.63, 3.8) is 0 Å². The van der Waals surface area contributed by atoms with Crippen LogP contribution in [0.4, 0.5) is 0 Å². The summed E-state index contributed by atoms with van der Waals surface area (Å²) in [5, 5.41) is 7.89. The molecule has 0 bridgehead atoms. The summed E-state index contributed by atoms with van der Waals surface area (Å²) < 4.78 is 8.71. The summed E-state index contributed by atoms with van der Waals surface area (Å²) in [4.78, 5) is 29.9. The molecule has 7 heteroatoms.